The minimum Gasteiger partial charge on any atom is -0.481 e. The van der Waals surface area contributed by atoms with Gasteiger partial charge in [0.05, 0.1) is 45.8 Å². The van der Waals surface area contributed by atoms with Gasteiger partial charge in [-0.1, -0.05) is 41.7 Å². The number of carboxylic acid groups (broad SMARTS) is 1. The van der Waals surface area contributed by atoms with Gasteiger partial charge in [0.2, 0.25) is 0 Å². The number of anilines is 1. The van der Waals surface area contributed by atoms with Crippen molar-refractivity contribution in [2.45, 2.75) is 19.4 Å². The van der Waals surface area contributed by atoms with E-state index in [1.165, 1.54) is 11.3 Å². The number of thiazole rings is 1. The van der Waals surface area contributed by atoms with Gasteiger partial charge in [0.1, 0.15) is 10.0 Å². The van der Waals surface area contributed by atoms with E-state index in [1.54, 1.807) is 0 Å². The van der Waals surface area contributed by atoms with Gasteiger partial charge in [0, 0.05) is 5.56 Å². The fraction of sp³-hybridized carbons (Fsp3) is 0.389. The van der Waals surface area contributed by atoms with Gasteiger partial charge in [-0.15, -0.1) is 0 Å². The zero-order chi connectivity index (χ0) is 19.3. The summed E-state index contributed by atoms with van der Waals surface area (Å²) >= 11 is 1.39. The van der Waals surface area contributed by atoms with Gasteiger partial charge < -0.3 is 14.9 Å². The van der Waals surface area contributed by atoms with Gasteiger partial charge in [-0.3, -0.25) is 10.1 Å². The molecule has 2 amide bonds. The maximum Gasteiger partial charge on any atom is 0.320 e. The number of nitrogens with zero attached hydrogens (tertiary/aromatic N) is 2. The fourth-order valence-electron chi connectivity index (χ4n) is 2.57. The molecule has 1 atom stereocenters. The topological polar surface area (TPSA) is 91.3 Å². The maximum absolute atomic E-state index is 12.3. The molecule has 0 fully saturated rings. The highest BCUT2D eigenvalue weighted by molar-refractivity contribution is 7.19. The quantitative estimate of drug-likeness (QED) is 0.647. The van der Waals surface area contributed by atoms with Crippen molar-refractivity contribution in [3.8, 4) is 10.6 Å². The molecule has 0 aliphatic rings. The Labute approximate surface area is 157 Å². The smallest absolute Gasteiger partial charge is 0.320 e. The van der Waals surface area contributed by atoms with E-state index in [2.05, 4.69) is 15.6 Å². The Bertz CT molecular complexity index is 768. The molecule has 8 heteroatoms. The van der Waals surface area contributed by atoms with E-state index in [-0.39, 0.29) is 6.42 Å². The summed E-state index contributed by atoms with van der Waals surface area (Å²) < 4.78 is 0.552. The van der Waals surface area contributed by atoms with E-state index < -0.39 is 18.0 Å². The number of nitrogens with one attached hydrogen (secondary N) is 2. The minimum atomic E-state index is -0.941. The largest absolute Gasteiger partial charge is 0.481 e. The standard InChI is InChI=1S/C18H24N4O3S/c1-12-16(26-17(19-12)13-8-6-5-7-9-13)21-18(25)20-14(10-15(23)24)11-22(2,3)4/h5-9,14H,10-11H2,1-4H3,(H2-,20,21,23,24,25)/p+1/t14-/m1/s1. The van der Waals surface area contributed by atoms with Crippen molar-refractivity contribution in [2.75, 3.05) is 33.0 Å². The Morgan fingerprint density at radius 2 is 1.88 bits per heavy atom. The van der Waals surface area contributed by atoms with E-state index in [1.807, 2.05) is 58.4 Å². The number of hydrogen-bond acceptors (Lipinski definition) is 4. The number of benzene rings is 1. The Morgan fingerprint density at radius 1 is 1.23 bits per heavy atom. The minimum absolute atomic E-state index is 0.125. The molecule has 0 saturated heterocycles. The molecule has 140 valence electrons. The first kappa shape index (κ1) is 19.9. The molecule has 0 bridgehead atoms. The summed E-state index contributed by atoms with van der Waals surface area (Å²) in [5.41, 5.74) is 1.72. The number of likely N-dealkylation sites (N-methyl/N-ethyl adjacent to an activating group) is 1. The molecule has 0 radical (unpaired) electrons. The lowest BCUT2D eigenvalue weighted by Gasteiger charge is -2.29. The van der Waals surface area contributed by atoms with Gasteiger partial charge in [-0.2, -0.15) is 0 Å². The Kier molecular flexibility index (Phi) is 6.33. The normalized spacial score (nSPS) is 12.5. The van der Waals surface area contributed by atoms with Gasteiger partial charge in [-0.25, -0.2) is 9.78 Å². The van der Waals surface area contributed by atoms with Crippen LogP contribution in [0.1, 0.15) is 12.1 Å². The van der Waals surface area contributed by atoms with Crippen LogP contribution >= 0.6 is 11.3 Å². The molecule has 0 spiro atoms. The molecule has 1 aromatic heterocycles. The van der Waals surface area contributed by atoms with Crippen molar-refractivity contribution >= 4 is 28.3 Å². The molecule has 1 heterocycles. The molecule has 7 nitrogen and oxygen atoms in total. The second-order valence-electron chi connectivity index (χ2n) is 7.17. The number of carbonyl (C=O) groups is 2. The number of aliphatic carboxylic acids is 1. The van der Waals surface area contributed by atoms with Crippen LogP contribution in [0, 0.1) is 6.92 Å². The number of rotatable bonds is 7. The first-order valence-corrected chi connectivity index (χ1v) is 9.08. The highest BCUT2D eigenvalue weighted by Crippen LogP contribution is 2.31. The molecule has 0 unspecified atom stereocenters. The highest BCUT2D eigenvalue weighted by atomic mass is 32.1. The van der Waals surface area contributed by atoms with Crippen LogP contribution in [-0.4, -0.2) is 60.3 Å². The summed E-state index contributed by atoms with van der Waals surface area (Å²) in [5, 5.41) is 16.1. The van der Waals surface area contributed by atoms with Gasteiger partial charge in [0.15, 0.2) is 0 Å². The number of carboxylic acids is 1. The summed E-state index contributed by atoms with van der Waals surface area (Å²) in [4.78, 5) is 27.9. The summed E-state index contributed by atoms with van der Waals surface area (Å²) in [6.45, 7) is 2.34. The monoisotopic (exact) mass is 377 g/mol. The molecular weight excluding hydrogens is 352 g/mol. The van der Waals surface area contributed by atoms with E-state index in [9.17, 15) is 9.59 Å². The second-order valence-corrected chi connectivity index (χ2v) is 8.16. The predicted molar refractivity (Wildman–Crippen MR) is 103 cm³/mol. The molecule has 3 N–H and O–H groups in total. The number of carbonyl (C=O) groups excluding carboxylic acids is 1. The Morgan fingerprint density at radius 3 is 2.46 bits per heavy atom. The van der Waals surface area contributed by atoms with Crippen LogP contribution in [0.25, 0.3) is 10.6 Å². The van der Waals surface area contributed by atoms with Crippen molar-refractivity contribution in [1.29, 1.82) is 0 Å². The molecule has 26 heavy (non-hydrogen) atoms. The van der Waals surface area contributed by atoms with E-state index in [0.717, 1.165) is 16.3 Å². The third-order valence-corrected chi connectivity index (χ3v) is 4.69. The number of amides is 2. The molecular formula is C18H25N4O3S+. The zero-order valence-corrected chi connectivity index (χ0v) is 16.3. The van der Waals surface area contributed by atoms with Crippen molar-refractivity contribution in [3.63, 3.8) is 0 Å². The number of urea groups is 1. The van der Waals surface area contributed by atoms with Gasteiger partial charge in [-0.05, 0) is 6.92 Å². The lowest BCUT2D eigenvalue weighted by Crippen LogP contribution is -2.50. The number of aromatic nitrogens is 1. The third-order valence-electron chi connectivity index (χ3n) is 3.57. The molecule has 0 aliphatic carbocycles. The summed E-state index contributed by atoms with van der Waals surface area (Å²) in [6.07, 6.45) is -0.125. The first-order valence-electron chi connectivity index (χ1n) is 8.26. The van der Waals surface area contributed by atoms with E-state index in [4.69, 9.17) is 5.11 Å². The van der Waals surface area contributed by atoms with Crippen molar-refractivity contribution in [1.82, 2.24) is 10.3 Å². The molecule has 2 aromatic rings. The number of quaternary nitrogens is 1. The lowest BCUT2D eigenvalue weighted by molar-refractivity contribution is -0.871. The zero-order valence-electron chi connectivity index (χ0n) is 15.4. The van der Waals surface area contributed by atoms with Crippen molar-refractivity contribution in [3.05, 3.63) is 36.0 Å². The van der Waals surface area contributed by atoms with Crippen LogP contribution in [-0.2, 0) is 4.79 Å². The molecule has 0 aliphatic heterocycles. The second kappa shape index (κ2) is 8.29. The van der Waals surface area contributed by atoms with Crippen LogP contribution in [0.3, 0.4) is 0 Å². The lowest BCUT2D eigenvalue weighted by atomic mass is 10.2. The van der Waals surface area contributed by atoms with Crippen LogP contribution in [0.4, 0.5) is 9.80 Å². The van der Waals surface area contributed by atoms with E-state index >= 15 is 0 Å². The van der Waals surface area contributed by atoms with Crippen LogP contribution < -0.4 is 10.6 Å². The molecule has 1 aromatic carbocycles. The van der Waals surface area contributed by atoms with Crippen LogP contribution in [0.2, 0.25) is 0 Å². The summed E-state index contributed by atoms with van der Waals surface area (Å²) in [7, 11) is 5.86. The third kappa shape index (κ3) is 6.12. The SMILES string of the molecule is Cc1nc(-c2ccccc2)sc1NC(=O)N[C@H](CC(=O)O)C[N+](C)(C)C. The average molecular weight is 377 g/mol. The Balaban J connectivity index is 2.06. The number of hydrogen-bond donors (Lipinski definition) is 3. The summed E-state index contributed by atoms with van der Waals surface area (Å²) in [5.74, 6) is -0.941. The first-order chi connectivity index (χ1) is 12.1. The molecule has 2 rings (SSSR count). The van der Waals surface area contributed by atoms with Crippen molar-refractivity contribution in [2.24, 2.45) is 0 Å². The van der Waals surface area contributed by atoms with Crippen LogP contribution in [0.15, 0.2) is 30.3 Å². The van der Waals surface area contributed by atoms with Crippen LogP contribution in [0.5, 0.6) is 0 Å². The Hall–Kier alpha value is -2.45. The van der Waals surface area contributed by atoms with Crippen molar-refractivity contribution < 1.29 is 19.2 Å². The average Bonchev–Trinajstić information content (AvgIpc) is 2.86. The summed E-state index contributed by atoms with van der Waals surface area (Å²) in [6, 6.07) is 8.86. The maximum atomic E-state index is 12.3. The number of aryl methyl sites for hydroxylation is 1. The fourth-order valence-corrected chi connectivity index (χ4v) is 3.54. The molecule has 0 saturated carbocycles. The predicted octanol–water partition coefficient (Wildman–Crippen LogP) is 2.79. The van der Waals surface area contributed by atoms with E-state index in [0.29, 0.717) is 16.0 Å². The van der Waals surface area contributed by atoms with Gasteiger partial charge >= 0.3 is 12.0 Å². The van der Waals surface area contributed by atoms with Gasteiger partial charge in [0.25, 0.3) is 0 Å². The highest BCUT2D eigenvalue weighted by Gasteiger charge is 2.23.